The second kappa shape index (κ2) is 9.55. The number of hydrogen-bond acceptors (Lipinski definition) is 6. The number of ether oxygens (including phenoxy) is 1. The van der Waals surface area contributed by atoms with Crippen molar-refractivity contribution in [2.45, 2.75) is 26.7 Å². The van der Waals surface area contributed by atoms with Gasteiger partial charge in [-0.2, -0.15) is 8.42 Å². The van der Waals surface area contributed by atoms with Gasteiger partial charge in [-0.25, -0.2) is 5.48 Å². The van der Waals surface area contributed by atoms with Crippen LogP contribution in [0.4, 0.5) is 0 Å². The molecule has 1 fully saturated rings. The van der Waals surface area contributed by atoms with E-state index in [1.165, 1.54) is 0 Å². The molecule has 1 amide bonds. The lowest BCUT2D eigenvalue weighted by atomic mass is 9.73. The molecule has 1 heterocycles. The zero-order valence-electron chi connectivity index (χ0n) is 15.5. The highest BCUT2D eigenvalue weighted by atomic mass is 32.2. The molecule has 1 aliphatic heterocycles. The van der Waals surface area contributed by atoms with Gasteiger partial charge in [-0.3, -0.25) is 10.0 Å². The highest BCUT2D eigenvalue weighted by Crippen LogP contribution is 2.36. The SMILES string of the molecule is CC#CCOc1ccc(C(=S(=O)=O)C2(C(=O)NO)CCN(CC)CC2)cc1. The molecule has 1 aromatic rings. The summed E-state index contributed by atoms with van der Waals surface area (Å²) in [4.78, 5) is 14.7. The van der Waals surface area contributed by atoms with Crippen LogP contribution in [0, 0.1) is 17.3 Å². The van der Waals surface area contributed by atoms with Gasteiger partial charge < -0.3 is 9.64 Å². The first-order chi connectivity index (χ1) is 13.0. The van der Waals surface area contributed by atoms with Gasteiger partial charge in [-0.05, 0) is 69.2 Å². The molecule has 0 bridgehead atoms. The Kier molecular flexibility index (Phi) is 7.42. The maximum absolute atomic E-state index is 12.5. The molecule has 1 saturated heterocycles. The molecule has 2 rings (SSSR count). The summed E-state index contributed by atoms with van der Waals surface area (Å²) in [5.74, 6) is 5.36. The van der Waals surface area contributed by atoms with E-state index in [4.69, 9.17) is 4.74 Å². The Balaban J connectivity index is 2.40. The summed E-state index contributed by atoms with van der Waals surface area (Å²) in [7, 11) is -2.63. The quantitative estimate of drug-likeness (QED) is 0.247. The minimum absolute atomic E-state index is 0.00953. The molecule has 0 saturated carbocycles. The van der Waals surface area contributed by atoms with Gasteiger partial charge in [0.2, 0.25) is 10.3 Å². The maximum Gasteiger partial charge on any atom is 0.255 e. The summed E-state index contributed by atoms with van der Waals surface area (Å²) in [6, 6.07) is 6.51. The van der Waals surface area contributed by atoms with Crippen LogP contribution in [0.5, 0.6) is 5.75 Å². The van der Waals surface area contributed by atoms with Gasteiger partial charge in [0.15, 0.2) is 0 Å². The van der Waals surface area contributed by atoms with Crippen LogP contribution in [0.15, 0.2) is 24.3 Å². The van der Waals surface area contributed by atoms with Crippen molar-refractivity contribution in [1.82, 2.24) is 10.4 Å². The first-order valence-corrected chi connectivity index (χ1v) is 9.82. The highest BCUT2D eigenvalue weighted by molar-refractivity contribution is 7.73. The van der Waals surface area contributed by atoms with E-state index in [2.05, 4.69) is 16.7 Å². The average molecular weight is 392 g/mol. The number of hydroxylamine groups is 1. The molecule has 2 N–H and O–H groups in total. The van der Waals surface area contributed by atoms with E-state index in [-0.39, 0.29) is 11.5 Å². The van der Waals surface area contributed by atoms with Gasteiger partial charge in [0.25, 0.3) is 5.91 Å². The molecule has 1 aromatic carbocycles. The molecule has 8 heteroatoms. The molecule has 0 spiro atoms. The van der Waals surface area contributed by atoms with Gasteiger partial charge in [-0.15, -0.1) is 5.92 Å². The number of hydrogen-bond donors (Lipinski definition) is 2. The summed E-state index contributed by atoms with van der Waals surface area (Å²) in [6.45, 7) is 5.93. The predicted molar refractivity (Wildman–Crippen MR) is 102 cm³/mol. The van der Waals surface area contributed by atoms with E-state index in [1.54, 1.807) is 36.7 Å². The van der Waals surface area contributed by atoms with Crippen molar-refractivity contribution in [2.75, 3.05) is 26.2 Å². The number of piperidine rings is 1. The number of carbonyl (C=O) groups excluding carboxylic acids is 1. The third kappa shape index (κ3) is 4.69. The predicted octanol–water partition coefficient (Wildman–Crippen LogP) is 1.10. The van der Waals surface area contributed by atoms with Crippen molar-refractivity contribution in [2.24, 2.45) is 5.41 Å². The van der Waals surface area contributed by atoms with Crippen LogP contribution < -0.4 is 10.2 Å². The Morgan fingerprint density at radius 3 is 2.41 bits per heavy atom. The van der Waals surface area contributed by atoms with Crippen molar-refractivity contribution >= 4 is 21.1 Å². The normalized spacial score (nSPS) is 16.0. The minimum atomic E-state index is -2.63. The fourth-order valence-corrected chi connectivity index (χ4v) is 4.29. The van der Waals surface area contributed by atoms with Crippen molar-refractivity contribution in [3.05, 3.63) is 29.8 Å². The molecule has 146 valence electrons. The Morgan fingerprint density at radius 2 is 1.93 bits per heavy atom. The molecule has 27 heavy (non-hydrogen) atoms. The standard InChI is InChI=1S/C19H24N2O5S/c1-3-5-14-26-16-8-6-15(7-9-16)17(27(24)25)19(18(22)20-23)10-12-21(4-2)13-11-19/h6-9,23H,4,10-14H2,1-2H3,(H,20,22). The van der Waals surface area contributed by atoms with Gasteiger partial charge in [0, 0.05) is 0 Å². The summed E-state index contributed by atoms with van der Waals surface area (Å²) < 4.78 is 29.7. The molecule has 0 aliphatic carbocycles. The van der Waals surface area contributed by atoms with Gasteiger partial charge in [0.1, 0.15) is 12.4 Å². The fraction of sp³-hybridized carbons (Fsp3) is 0.474. The van der Waals surface area contributed by atoms with E-state index in [0.717, 1.165) is 6.54 Å². The minimum Gasteiger partial charge on any atom is -0.481 e. The number of carbonyl (C=O) groups is 1. The van der Waals surface area contributed by atoms with Gasteiger partial charge >= 0.3 is 0 Å². The smallest absolute Gasteiger partial charge is 0.255 e. The highest BCUT2D eigenvalue weighted by Gasteiger charge is 2.47. The van der Waals surface area contributed by atoms with Gasteiger partial charge in [-0.1, -0.05) is 12.8 Å². The van der Waals surface area contributed by atoms with Crippen LogP contribution in [0.2, 0.25) is 0 Å². The molecular formula is C19H24N2O5S. The zero-order chi connectivity index (χ0) is 19.9. The van der Waals surface area contributed by atoms with Crippen LogP contribution in [0.3, 0.4) is 0 Å². The Hall–Kier alpha value is -2.34. The largest absolute Gasteiger partial charge is 0.481 e. The maximum atomic E-state index is 12.5. The Morgan fingerprint density at radius 1 is 1.30 bits per heavy atom. The lowest BCUT2D eigenvalue weighted by Crippen LogP contribution is -2.53. The number of rotatable bonds is 6. The van der Waals surface area contributed by atoms with E-state index in [9.17, 15) is 18.4 Å². The number of nitrogens with zero attached hydrogens (tertiary/aromatic N) is 1. The topological polar surface area (TPSA) is 95.9 Å². The first kappa shape index (κ1) is 21.0. The summed E-state index contributed by atoms with van der Waals surface area (Å²) in [6.07, 6.45) is 0.613. The van der Waals surface area contributed by atoms with Crippen LogP contribution in [0.1, 0.15) is 32.3 Å². The average Bonchev–Trinajstić information content (AvgIpc) is 2.69. The molecule has 0 unspecified atom stereocenters. The van der Waals surface area contributed by atoms with Crippen molar-refractivity contribution in [1.29, 1.82) is 0 Å². The third-order valence-electron chi connectivity index (χ3n) is 4.90. The van der Waals surface area contributed by atoms with E-state index in [0.29, 0.717) is 37.2 Å². The lowest BCUT2D eigenvalue weighted by Gasteiger charge is -2.39. The molecule has 7 nitrogen and oxygen atoms in total. The fourth-order valence-electron chi connectivity index (χ4n) is 3.34. The first-order valence-electron chi connectivity index (χ1n) is 8.75. The van der Waals surface area contributed by atoms with E-state index < -0.39 is 21.6 Å². The molecule has 0 aromatic heterocycles. The summed E-state index contributed by atoms with van der Waals surface area (Å²) in [5, 5.41) is 9.26. The molecular weight excluding hydrogens is 368 g/mol. The number of likely N-dealkylation sites (tertiary alicyclic amines) is 1. The monoisotopic (exact) mass is 392 g/mol. The third-order valence-corrected chi connectivity index (χ3v) is 5.86. The van der Waals surface area contributed by atoms with Crippen LogP contribution in [-0.2, 0) is 15.1 Å². The Labute approximate surface area is 160 Å². The molecule has 1 aliphatic rings. The summed E-state index contributed by atoms with van der Waals surface area (Å²) in [5.41, 5.74) is 0.773. The lowest BCUT2D eigenvalue weighted by molar-refractivity contribution is -0.138. The zero-order valence-corrected chi connectivity index (χ0v) is 16.3. The van der Waals surface area contributed by atoms with E-state index in [1.807, 2.05) is 6.92 Å². The van der Waals surface area contributed by atoms with Crippen LogP contribution in [0.25, 0.3) is 0 Å². The molecule has 0 radical (unpaired) electrons. The van der Waals surface area contributed by atoms with Crippen LogP contribution >= 0.6 is 0 Å². The number of nitrogens with one attached hydrogen (secondary N) is 1. The number of amides is 1. The Bertz CT molecular complexity index is 850. The van der Waals surface area contributed by atoms with E-state index >= 15 is 0 Å². The van der Waals surface area contributed by atoms with Crippen molar-refractivity contribution < 1.29 is 23.2 Å². The van der Waals surface area contributed by atoms with Crippen molar-refractivity contribution in [3.63, 3.8) is 0 Å². The van der Waals surface area contributed by atoms with Crippen LogP contribution in [-0.4, -0.2) is 55.5 Å². The molecule has 0 atom stereocenters. The van der Waals surface area contributed by atoms with Crippen molar-refractivity contribution in [3.8, 4) is 17.6 Å². The summed E-state index contributed by atoms with van der Waals surface area (Å²) >= 11 is 0. The second-order valence-corrected chi connectivity index (χ2v) is 7.14. The second-order valence-electron chi connectivity index (χ2n) is 6.26. The van der Waals surface area contributed by atoms with Gasteiger partial charge in [0.05, 0.1) is 10.3 Å². The number of benzene rings is 1.